The number of benzene rings is 3. The van der Waals surface area contributed by atoms with Crippen LogP contribution in [-0.2, 0) is 4.74 Å². The summed E-state index contributed by atoms with van der Waals surface area (Å²) in [5.41, 5.74) is 3.86. The van der Waals surface area contributed by atoms with E-state index in [1.54, 1.807) is 0 Å². The first-order valence-electron chi connectivity index (χ1n) is 10.6. The highest BCUT2D eigenvalue weighted by Crippen LogP contribution is 2.37. The highest BCUT2D eigenvalue weighted by Gasteiger charge is 2.32. The highest BCUT2D eigenvalue weighted by molar-refractivity contribution is 7.80. The lowest BCUT2D eigenvalue weighted by Gasteiger charge is -2.25. The number of ether oxygens (including phenoxy) is 1. The topological polar surface area (TPSA) is 21.6 Å². The van der Waals surface area contributed by atoms with Gasteiger partial charge in [0, 0.05) is 5.56 Å². The molecule has 0 unspecified atom stereocenters. The average molecular weight is 416 g/mol. The second-order valence-electron chi connectivity index (χ2n) is 9.05. The maximum absolute atomic E-state index is 6.16. The van der Waals surface area contributed by atoms with E-state index < -0.39 is 7.92 Å². The number of rotatable bonds is 4. The molecule has 0 bridgehead atoms. The molecule has 2 nitrogen and oxygen atoms in total. The molecule has 3 aromatic rings. The Morgan fingerprint density at radius 2 is 1.27 bits per heavy atom. The largest absolute Gasteiger partial charge is 0.475 e. The molecule has 1 atom stereocenters. The molecule has 0 fully saturated rings. The van der Waals surface area contributed by atoms with Crippen LogP contribution in [-0.4, -0.2) is 18.5 Å². The first kappa shape index (κ1) is 20.8. The number of nitrogens with zero attached hydrogens (tertiary/aromatic N) is 1. The molecule has 1 aliphatic heterocycles. The first-order valence-corrected chi connectivity index (χ1v) is 11.9. The van der Waals surface area contributed by atoms with Gasteiger partial charge in [-0.1, -0.05) is 87.5 Å². The van der Waals surface area contributed by atoms with Gasteiger partial charge in [-0.2, -0.15) is 0 Å². The van der Waals surface area contributed by atoms with Crippen molar-refractivity contribution >= 4 is 29.7 Å². The summed E-state index contributed by atoms with van der Waals surface area (Å²) in [5.74, 6) is 0.792. The van der Waals surface area contributed by atoms with Crippen LogP contribution in [0.15, 0.2) is 77.8 Å². The molecule has 3 heteroatoms. The van der Waals surface area contributed by atoms with Crippen molar-refractivity contribution in [3.05, 3.63) is 89.5 Å². The minimum absolute atomic E-state index is 0.0907. The van der Waals surface area contributed by atoms with Crippen molar-refractivity contribution < 1.29 is 4.74 Å². The van der Waals surface area contributed by atoms with Gasteiger partial charge in [-0.25, -0.2) is 4.99 Å². The molecule has 0 spiro atoms. The first-order chi connectivity index (χ1) is 14.4. The Bertz CT molecular complexity index is 1030. The van der Waals surface area contributed by atoms with Gasteiger partial charge < -0.3 is 4.74 Å². The van der Waals surface area contributed by atoms with Crippen LogP contribution in [0.1, 0.15) is 37.5 Å². The van der Waals surface area contributed by atoms with Crippen molar-refractivity contribution in [2.75, 3.05) is 6.61 Å². The summed E-state index contributed by atoms with van der Waals surface area (Å²) in [6.07, 6.45) is 0. The summed E-state index contributed by atoms with van der Waals surface area (Å²) in [4.78, 5) is 5.01. The second kappa shape index (κ2) is 8.36. The molecule has 154 valence electrons. The van der Waals surface area contributed by atoms with E-state index in [0.29, 0.717) is 6.61 Å². The fourth-order valence-electron chi connectivity index (χ4n) is 3.83. The van der Waals surface area contributed by atoms with Crippen LogP contribution >= 0.6 is 7.92 Å². The van der Waals surface area contributed by atoms with Crippen LogP contribution in [0.5, 0.6) is 0 Å². The van der Waals surface area contributed by atoms with Crippen LogP contribution in [0.3, 0.4) is 0 Å². The number of hydrogen-bond acceptors (Lipinski definition) is 2. The molecule has 0 radical (unpaired) electrons. The lowest BCUT2D eigenvalue weighted by molar-refractivity contribution is 0.236. The third kappa shape index (κ3) is 4.07. The van der Waals surface area contributed by atoms with Crippen molar-refractivity contribution in [2.45, 2.75) is 40.7 Å². The molecule has 1 heterocycles. The van der Waals surface area contributed by atoms with Gasteiger partial charge in [-0.3, -0.25) is 0 Å². The Morgan fingerprint density at radius 1 is 0.767 bits per heavy atom. The van der Waals surface area contributed by atoms with Crippen molar-refractivity contribution in [1.82, 2.24) is 0 Å². The molecule has 4 rings (SSSR count). The van der Waals surface area contributed by atoms with Crippen LogP contribution in [0.2, 0.25) is 0 Å². The number of aliphatic imine (C=N–C) groups is 1. The van der Waals surface area contributed by atoms with Crippen molar-refractivity contribution in [3.8, 4) is 0 Å². The van der Waals surface area contributed by atoms with Gasteiger partial charge in [0.05, 0.1) is 6.04 Å². The van der Waals surface area contributed by atoms with Gasteiger partial charge in [0.2, 0.25) is 5.90 Å². The van der Waals surface area contributed by atoms with E-state index >= 15 is 0 Å². The summed E-state index contributed by atoms with van der Waals surface area (Å²) in [6.45, 7) is 11.8. The third-order valence-corrected chi connectivity index (χ3v) is 8.58. The maximum atomic E-state index is 6.16. The average Bonchev–Trinajstić information content (AvgIpc) is 3.22. The number of aryl methyl sites for hydroxylation is 2. The predicted octanol–water partition coefficient (Wildman–Crippen LogP) is 5.25. The van der Waals surface area contributed by atoms with E-state index in [2.05, 4.69) is 107 Å². The van der Waals surface area contributed by atoms with Gasteiger partial charge in [-0.15, -0.1) is 0 Å². The molecule has 0 saturated heterocycles. The number of hydrogen-bond donors (Lipinski definition) is 0. The van der Waals surface area contributed by atoms with E-state index in [0.717, 1.165) is 11.5 Å². The van der Waals surface area contributed by atoms with E-state index in [-0.39, 0.29) is 11.5 Å². The van der Waals surface area contributed by atoms with E-state index in [9.17, 15) is 0 Å². The van der Waals surface area contributed by atoms with Crippen LogP contribution in [0, 0.1) is 19.3 Å². The lowest BCUT2D eigenvalue weighted by atomic mass is 9.88. The van der Waals surface area contributed by atoms with Crippen molar-refractivity contribution in [1.29, 1.82) is 0 Å². The highest BCUT2D eigenvalue weighted by atomic mass is 31.1. The molecule has 30 heavy (non-hydrogen) atoms. The quantitative estimate of drug-likeness (QED) is 0.533. The standard InChI is InChI=1S/C27H30NOP/c1-19-12-6-9-15-22(19)30(23-16-10-7-13-20(23)2)24-17-11-8-14-21(24)26-28-25(18-29-26)27(3,4)5/h6-17,25H,18H2,1-5H3/t25-/m1/s1. The zero-order chi connectivity index (χ0) is 21.3. The summed E-state index contributed by atoms with van der Waals surface area (Å²) in [7, 11) is -0.728. The zero-order valence-corrected chi connectivity index (χ0v) is 19.4. The Labute approximate surface area is 181 Å². The molecule has 0 aromatic heterocycles. The Hall–Kier alpha value is -2.44. The molecule has 0 amide bonds. The second-order valence-corrected chi connectivity index (χ2v) is 11.2. The fraction of sp³-hybridized carbons (Fsp3) is 0.296. The minimum Gasteiger partial charge on any atom is -0.475 e. The summed E-state index contributed by atoms with van der Waals surface area (Å²) < 4.78 is 6.16. The Kier molecular flexibility index (Phi) is 5.80. The predicted molar refractivity (Wildman–Crippen MR) is 130 cm³/mol. The normalized spacial score (nSPS) is 16.5. The van der Waals surface area contributed by atoms with Crippen LogP contribution in [0.4, 0.5) is 0 Å². The Morgan fingerprint density at radius 3 is 1.77 bits per heavy atom. The maximum Gasteiger partial charge on any atom is 0.217 e. The fourth-order valence-corrected chi connectivity index (χ4v) is 6.58. The monoisotopic (exact) mass is 415 g/mol. The third-order valence-electron chi connectivity index (χ3n) is 5.74. The van der Waals surface area contributed by atoms with Gasteiger partial charge >= 0.3 is 0 Å². The minimum atomic E-state index is -0.728. The molecule has 0 saturated carbocycles. The molecular formula is C27H30NOP. The summed E-state index contributed by atoms with van der Waals surface area (Å²) >= 11 is 0. The molecule has 1 aliphatic rings. The molecule has 3 aromatic carbocycles. The van der Waals surface area contributed by atoms with Gasteiger partial charge in [0.1, 0.15) is 6.61 Å². The van der Waals surface area contributed by atoms with Crippen LogP contribution < -0.4 is 15.9 Å². The molecule has 0 aliphatic carbocycles. The van der Waals surface area contributed by atoms with Gasteiger partial charge in [0.15, 0.2) is 0 Å². The van der Waals surface area contributed by atoms with Gasteiger partial charge in [0.25, 0.3) is 0 Å². The van der Waals surface area contributed by atoms with E-state index in [1.807, 2.05) is 0 Å². The van der Waals surface area contributed by atoms with Crippen LogP contribution in [0.25, 0.3) is 0 Å². The summed E-state index contributed by atoms with van der Waals surface area (Å²) in [6, 6.07) is 26.4. The van der Waals surface area contributed by atoms with Crippen molar-refractivity contribution in [3.63, 3.8) is 0 Å². The lowest BCUT2D eigenvalue weighted by Crippen LogP contribution is -2.27. The molecule has 0 N–H and O–H groups in total. The zero-order valence-electron chi connectivity index (χ0n) is 18.5. The smallest absolute Gasteiger partial charge is 0.217 e. The van der Waals surface area contributed by atoms with E-state index in [1.165, 1.54) is 27.0 Å². The summed E-state index contributed by atoms with van der Waals surface area (Å²) in [5, 5.41) is 4.09. The van der Waals surface area contributed by atoms with E-state index in [4.69, 9.17) is 9.73 Å². The SMILES string of the molecule is Cc1ccccc1P(c1ccccc1C)c1ccccc1C1=N[C@@H](C(C)(C)C)CO1. The van der Waals surface area contributed by atoms with Crippen molar-refractivity contribution in [2.24, 2.45) is 10.4 Å². The molecular weight excluding hydrogens is 385 g/mol. The Balaban J connectivity index is 1.90. The van der Waals surface area contributed by atoms with Gasteiger partial charge in [-0.05, 0) is 60.3 Å².